The second kappa shape index (κ2) is 4.52. The minimum atomic E-state index is -1.19. The van der Waals surface area contributed by atoms with E-state index in [0.29, 0.717) is 17.1 Å². The van der Waals surface area contributed by atoms with Gasteiger partial charge in [-0.3, -0.25) is 0 Å². The number of rotatable bonds is 3. The number of carbonyl (C=O) groups is 1. The highest BCUT2D eigenvalue weighted by Crippen LogP contribution is 2.32. The van der Waals surface area contributed by atoms with E-state index in [1.54, 1.807) is 7.11 Å². The van der Waals surface area contributed by atoms with Crippen molar-refractivity contribution in [2.75, 3.05) is 7.11 Å². The Hall–Kier alpha value is -2.30. The van der Waals surface area contributed by atoms with Crippen molar-refractivity contribution in [3.8, 4) is 17.1 Å². The van der Waals surface area contributed by atoms with Gasteiger partial charge in [-0.15, -0.1) is 0 Å². The van der Waals surface area contributed by atoms with E-state index in [4.69, 9.17) is 14.3 Å². The zero-order valence-electron chi connectivity index (χ0n) is 10.4. The molecule has 1 aromatic carbocycles. The Morgan fingerprint density at radius 2 is 2.00 bits per heavy atom. The van der Waals surface area contributed by atoms with E-state index in [9.17, 15) is 4.79 Å². The van der Waals surface area contributed by atoms with E-state index in [0.717, 1.165) is 11.1 Å². The molecule has 0 aliphatic carbocycles. The first-order chi connectivity index (χ1) is 8.52. The van der Waals surface area contributed by atoms with Crippen LogP contribution in [0.3, 0.4) is 0 Å². The molecule has 0 saturated heterocycles. The van der Waals surface area contributed by atoms with Gasteiger partial charge in [0.15, 0.2) is 5.76 Å². The molecular formula is C13H13NO4. The minimum absolute atomic E-state index is 0.328. The Balaban J connectivity index is 2.55. The van der Waals surface area contributed by atoms with Gasteiger partial charge in [-0.1, -0.05) is 0 Å². The predicted octanol–water partition coefficient (Wildman–Crippen LogP) is 2.67. The molecule has 1 N–H and O–H groups in total. The predicted molar refractivity (Wildman–Crippen MR) is 64.9 cm³/mol. The van der Waals surface area contributed by atoms with Crippen LogP contribution in [0.15, 0.2) is 22.7 Å². The fraction of sp³-hybridized carbons (Fsp3) is 0.231. The number of carboxylic acids is 1. The van der Waals surface area contributed by atoms with Crippen LogP contribution in [-0.2, 0) is 0 Å². The van der Waals surface area contributed by atoms with Crippen molar-refractivity contribution in [2.24, 2.45) is 0 Å². The number of carboxylic acid groups (broad SMARTS) is 1. The monoisotopic (exact) mass is 247 g/mol. The van der Waals surface area contributed by atoms with Gasteiger partial charge in [0.25, 0.3) is 0 Å². The molecule has 1 aromatic heterocycles. The number of hydrogen-bond acceptors (Lipinski definition) is 4. The molecule has 0 amide bonds. The van der Waals surface area contributed by atoms with Gasteiger partial charge < -0.3 is 14.3 Å². The van der Waals surface area contributed by atoms with E-state index in [-0.39, 0.29) is 5.89 Å². The number of nitrogens with zero attached hydrogens (tertiary/aromatic N) is 1. The molecule has 0 aliphatic heterocycles. The maximum atomic E-state index is 10.7. The summed E-state index contributed by atoms with van der Waals surface area (Å²) in [6.07, 6.45) is 1.38. The molecule has 5 nitrogen and oxygen atoms in total. The summed E-state index contributed by atoms with van der Waals surface area (Å²) in [6, 6.07) is 3.77. The molecule has 0 atom stereocenters. The highest BCUT2D eigenvalue weighted by molar-refractivity contribution is 5.83. The molecule has 1 heterocycles. The zero-order chi connectivity index (χ0) is 13.3. The van der Waals surface area contributed by atoms with Crippen molar-refractivity contribution < 1.29 is 19.1 Å². The highest BCUT2D eigenvalue weighted by atomic mass is 16.5. The lowest BCUT2D eigenvalue weighted by Crippen LogP contribution is -1.94. The standard InChI is InChI=1S/C13H13NO4/c1-7-4-9(10(17-3)5-8(7)2)11-6-14-12(18-11)13(15)16/h4-6H,1-3H3,(H,15,16). The van der Waals surface area contributed by atoms with Gasteiger partial charge >= 0.3 is 11.9 Å². The van der Waals surface area contributed by atoms with E-state index in [1.165, 1.54) is 6.20 Å². The van der Waals surface area contributed by atoms with E-state index < -0.39 is 5.97 Å². The fourth-order valence-electron chi connectivity index (χ4n) is 1.65. The Morgan fingerprint density at radius 1 is 1.33 bits per heavy atom. The van der Waals surface area contributed by atoms with Crippen molar-refractivity contribution in [3.05, 3.63) is 35.3 Å². The van der Waals surface area contributed by atoms with Gasteiger partial charge in [0.05, 0.1) is 18.9 Å². The lowest BCUT2D eigenvalue weighted by Gasteiger charge is -2.09. The van der Waals surface area contributed by atoms with Gasteiger partial charge in [0, 0.05) is 0 Å². The van der Waals surface area contributed by atoms with Crippen LogP contribution >= 0.6 is 0 Å². The second-order valence-corrected chi connectivity index (χ2v) is 3.97. The normalized spacial score (nSPS) is 10.4. The van der Waals surface area contributed by atoms with Crippen molar-refractivity contribution in [3.63, 3.8) is 0 Å². The second-order valence-electron chi connectivity index (χ2n) is 3.97. The Morgan fingerprint density at radius 3 is 2.56 bits per heavy atom. The number of aryl methyl sites for hydroxylation is 2. The number of methoxy groups -OCH3 is 1. The summed E-state index contributed by atoms with van der Waals surface area (Å²) in [4.78, 5) is 14.4. The molecule has 0 saturated carbocycles. The number of hydrogen-bond donors (Lipinski definition) is 1. The highest BCUT2D eigenvalue weighted by Gasteiger charge is 2.16. The molecule has 0 aliphatic rings. The van der Waals surface area contributed by atoms with Gasteiger partial charge in [0.1, 0.15) is 5.75 Å². The molecule has 0 fully saturated rings. The van der Waals surface area contributed by atoms with Crippen LogP contribution in [0.4, 0.5) is 0 Å². The van der Waals surface area contributed by atoms with E-state index >= 15 is 0 Å². The first-order valence-corrected chi connectivity index (χ1v) is 5.37. The van der Waals surface area contributed by atoms with Gasteiger partial charge in [-0.2, -0.15) is 0 Å². The molecule has 0 unspecified atom stereocenters. The first-order valence-electron chi connectivity index (χ1n) is 5.37. The smallest absolute Gasteiger partial charge is 0.392 e. The van der Waals surface area contributed by atoms with Crippen LogP contribution in [0.25, 0.3) is 11.3 Å². The summed E-state index contributed by atoms with van der Waals surface area (Å²) in [5, 5.41) is 8.78. The zero-order valence-corrected chi connectivity index (χ0v) is 10.4. The summed E-state index contributed by atoms with van der Waals surface area (Å²) >= 11 is 0. The lowest BCUT2D eigenvalue weighted by molar-refractivity contribution is 0.0654. The molecular weight excluding hydrogens is 234 g/mol. The molecule has 2 aromatic rings. The maximum absolute atomic E-state index is 10.7. The van der Waals surface area contributed by atoms with Gasteiger partial charge in [0.2, 0.25) is 0 Å². The summed E-state index contributed by atoms with van der Waals surface area (Å²) in [6.45, 7) is 3.94. The molecule has 0 radical (unpaired) electrons. The first kappa shape index (κ1) is 12.2. The summed E-state index contributed by atoms with van der Waals surface area (Å²) in [7, 11) is 1.56. The van der Waals surface area contributed by atoms with Crippen molar-refractivity contribution in [1.29, 1.82) is 0 Å². The number of benzene rings is 1. The molecule has 94 valence electrons. The molecule has 2 rings (SSSR count). The van der Waals surface area contributed by atoms with Crippen molar-refractivity contribution in [1.82, 2.24) is 4.98 Å². The third-order valence-corrected chi connectivity index (χ3v) is 2.77. The summed E-state index contributed by atoms with van der Waals surface area (Å²) in [5.41, 5.74) is 2.85. The number of aromatic carboxylic acids is 1. The van der Waals surface area contributed by atoms with Gasteiger partial charge in [-0.05, 0) is 37.1 Å². The SMILES string of the molecule is COc1cc(C)c(C)cc1-c1cnc(C(=O)O)o1. The number of ether oxygens (including phenoxy) is 1. The van der Waals surface area contributed by atoms with Crippen LogP contribution in [0.1, 0.15) is 21.8 Å². The lowest BCUT2D eigenvalue weighted by atomic mass is 10.0. The van der Waals surface area contributed by atoms with Gasteiger partial charge in [-0.25, -0.2) is 9.78 Å². The third kappa shape index (κ3) is 2.07. The van der Waals surface area contributed by atoms with Crippen LogP contribution in [0.5, 0.6) is 5.75 Å². The van der Waals surface area contributed by atoms with E-state index in [2.05, 4.69) is 4.98 Å². The summed E-state index contributed by atoms with van der Waals surface area (Å²) < 4.78 is 10.4. The van der Waals surface area contributed by atoms with Crippen LogP contribution in [0, 0.1) is 13.8 Å². The van der Waals surface area contributed by atoms with Crippen molar-refractivity contribution in [2.45, 2.75) is 13.8 Å². The van der Waals surface area contributed by atoms with Crippen LogP contribution in [-0.4, -0.2) is 23.2 Å². The minimum Gasteiger partial charge on any atom is -0.496 e. The fourth-order valence-corrected chi connectivity index (χ4v) is 1.65. The molecule has 5 heteroatoms. The quantitative estimate of drug-likeness (QED) is 0.902. The van der Waals surface area contributed by atoms with Crippen LogP contribution in [0.2, 0.25) is 0 Å². The van der Waals surface area contributed by atoms with E-state index in [1.807, 2.05) is 26.0 Å². The topological polar surface area (TPSA) is 72.6 Å². The summed E-state index contributed by atoms with van der Waals surface area (Å²) in [5.74, 6) is -0.507. The average Bonchev–Trinajstić information content (AvgIpc) is 2.81. The van der Waals surface area contributed by atoms with Crippen molar-refractivity contribution >= 4 is 5.97 Å². The average molecular weight is 247 g/mol. The number of aromatic nitrogens is 1. The number of oxazole rings is 1. The Labute approximate surface area is 104 Å². The molecule has 0 spiro atoms. The third-order valence-electron chi connectivity index (χ3n) is 2.77. The molecule has 18 heavy (non-hydrogen) atoms. The molecule has 0 bridgehead atoms. The van der Waals surface area contributed by atoms with Crippen LogP contribution < -0.4 is 4.74 Å². The largest absolute Gasteiger partial charge is 0.496 e. The maximum Gasteiger partial charge on any atom is 0.392 e. The Bertz CT molecular complexity index is 601. The Kier molecular flexibility index (Phi) is 3.06.